The summed E-state index contributed by atoms with van der Waals surface area (Å²) in [6, 6.07) is 8.21. The van der Waals surface area contributed by atoms with E-state index in [0.717, 1.165) is 29.5 Å². The Kier molecular flexibility index (Phi) is 5.29. The van der Waals surface area contributed by atoms with Crippen LogP contribution in [0, 0.1) is 0 Å². The third kappa shape index (κ3) is 3.93. The summed E-state index contributed by atoms with van der Waals surface area (Å²) in [6.07, 6.45) is 3.51. The molecule has 1 amide bonds. The number of hydrogen-bond donors (Lipinski definition) is 2. The summed E-state index contributed by atoms with van der Waals surface area (Å²) in [5.41, 5.74) is 2.68. The molecule has 10 heteroatoms. The normalized spacial score (nSPS) is 18.6. The van der Waals surface area contributed by atoms with E-state index in [4.69, 9.17) is 4.74 Å². The molecule has 0 spiro atoms. The average Bonchev–Trinajstić information content (AvgIpc) is 3.17. The van der Waals surface area contributed by atoms with Crippen LogP contribution in [0.3, 0.4) is 0 Å². The Morgan fingerprint density at radius 3 is 2.73 bits per heavy atom. The van der Waals surface area contributed by atoms with E-state index in [1.807, 2.05) is 25.4 Å². The number of aryl methyl sites for hydroxylation is 1. The maximum atomic E-state index is 13.3. The van der Waals surface area contributed by atoms with Gasteiger partial charge in [0.1, 0.15) is 11.3 Å². The molecule has 1 aromatic carbocycles. The molecule has 5 rings (SSSR count). The molecular formula is C23H26N8O2. The molecule has 170 valence electrons. The first-order chi connectivity index (χ1) is 15.9. The minimum Gasteiger partial charge on any atom is -0.479 e. The second kappa shape index (κ2) is 8.28. The van der Waals surface area contributed by atoms with Crippen LogP contribution in [0.2, 0.25) is 0 Å². The van der Waals surface area contributed by atoms with E-state index < -0.39 is 0 Å². The highest BCUT2D eigenvalue weighted by Crippen LogP contribution is 2.30. The Morgan fingerprint density at radius 2 is 1.97 bits per heavy atom. The zero-order valence-corrected chi connectivity index (χ0v) is 19.0. The summed E-state index contributed by atoms with van der Waals surface area (Å²) in [7, 11) is 3.35. The van der Waals surface area contributed by atoms with Gasteiger partial charge in [-0.1, -0.05) is 0 Å². The van der Waals surface area contributed by atoms with E-state index in [1.165, 1.54) is 7.11 Å². The molecule has 0 unspecified atom stereocenters. The van der Waals surface area contributed by atoms with E-state index in [-0.39, 0.29) is 5.91 Å². The number of carbonyl (C=O) groups excluding carboxylic acids is 1. The fraction of sp³-hybridized carbons (Fsp3) is 0.348. The Hall–Kier alpha value is -3.79. The predicted molar refractivity (Wildman–Crippen MR) is 127 cm³/mol. The number of pyridine rings is 1. The van der Waals surface area contributed by atoms with Crippen LogP contribution in [0.4, 0.5) is 11.5 Å². The quantitative estimate of drug-likeness (QED) is 0.492. The summed E-state index contributed by atoms with van der Waals surface area (Å²) in [6.45, 7) is 6.10. The summed E-state index contributed by atoms with van der Waals surface area (Å²) >= 11 is 0. The first kappa shape index (κ1) is 21.1. The SMILES string of the molecule is COc1nc(NC(=O)c2ccc(N3C[C@@H](C)N[C@@H](C)C3)c3ccnnc23)cc2cn(C)nc12. The van der Waals surface area contributed by atoms with Crippen LogP contribution < -0.4 is 20.3 Å². The molecule has 1 aliphatic heterocycles. The number of aromatic nitrogens is 5. The van der Waals surface area contributed by atoms with E-state index in [1.54, 1.807) is 23.0 Å². The van der Waals surface area contributed by atoms with Gasteiger partial charge in [-0.25, -0.2) is 0 Å². The second-order valence-corrected chi connectivity index (χ2v) is 8.51. The number of nitrogens with zero attached hydrogens (tertiary/aromatic N) is 6. The monoisotopic (exact) mass is 446 g/mol. The Balaban J connectivity index is 1.50. The van der Waals surface area contributed by atoms with Gasteiger partial charge in [-0.3, -0.25) is 9.48 Å². The third-order valence-corrected chi connectivity index (χ3v) is 5.81. The number of nitrogens with one attached hydrogen (secondary N) is 2. The van der Waals surface area contributed by atoms with Crippen molar-refractivity contribution in [2.24, 2.45) is 7.05 Å². The van der Waals surface area contributed by atoms with Crippen LogP contribution in [0.1, 0.15) is 24.2 Å². The number of amides is 1. The highest BCUT2D eigenvalue weighted by Gasteiger charge is 2.24. The van der Waals surface area contributed by atoms with Crippen LogP contribution >= 0.6 is 0 Å². The van der Waals surface area contributed by atoms with Gasteiger partial charge in [0.2, 0.25) is 5.88 Å². The Labute approximate surface area is 190 Å². The van der Waals surface area contributed by atoms with Crippen LogP contribution in [0.25, 0.3) is 21.8 Å². The molecule has 4 aromatic rings. The molecule has 1 saturated heterocycles. The number of fused-ring (bicyclic) bond motifs is 2. The zero-order chi connectivity index (χ0) is 23.1. The number of methoxy groups -OCH3 is 1. The fourth-order valence-corrected chi connectivity index (χ4v) is 4.56. The molecule has 0 saturated carbocycles. The largest absolute Gasteiger partial charge is 0.479 e. The van der Waals surface area contributed by atoms with E-state index in [0.29, 0.717) is 40.4 Å². The molecule has 2 N–H and O–H groups in total. The molecule has 0 bridgehead atoms. The summed E-state index contributed by atoms with van der Waals surface area (Å²) in [5.74, 6) is 0.417. The zero-order valence-electron chi connectivity index (χ0n) is 19.0. The molecule has 2 atom stereocenters. The molecule has 0 aliphatic carbocycles. The second-order valence-electron chi connectivity index (χ2n) is 8.51. The fourth-order valence-electron chi connectivity index (χ4n) is 4.56. The van der Waals surface area contributed by atoms with Crippen molar-refractivity contribution in [2.75, 3.05) is 30.4 Å². The summed E-state index contributed by atoms with van der Waals surface area (Å²) in [4.78, 5) is 20.0. The van der Waals surface area contributed by atoms with Gasteiger partial charge in [0, 0.05) is 54.9 Å². The van der Waals surface area contributed by atoms with Crippen LogP contribution in [-0.4, -0.2) is 63.2 Å². The smallest absolute Gasteiger partial charge is 0.259 e. The summed E-state index contributed by atoms with van der Waals surface area (Å²) in [5, 5.41) is 20.9. The lowest BCUT2D eigenvalue weighted by Gasteiger charge is -2.38. The molecule has 4 heterocycles. The number of hydrogen-bond acceptors (Lipinski definition) is 8. The maximum Gasteiger partial charge on any atom is 0.259 e. The highest BCUT2D eigenvalue weighted by atomic mass is 16.5. The molecule has 0 radical (unpaired) electrons. The molecule has 1 aliphatic rings. The molecular weight excluding hydrogens is 420 g/mol. The van der Waals surface area contributed by atoms with E-state index in [9.17, 15) is 4.79 Å². The molecule has 1 fully saturated rings. The van der Waals surface area contributed by atoms with Gasteiger partial charge in [-0.05, 0) is 38.1 Å². The lowest BCUT2D eigenvalue weighted by atomic mass is 10.0. The minimum atomic E-state index is -0.313. The first-order valence-electron chi connectivity index (χ1n) is 10.9. The van der Waals surface area contributed by atoms with Crippen molar-refractivity contribution < 1.29 is 9.53 Å². The van der Waals surface area contributed by atoms with Crippen LogP contribution in [0.15, 0.2) is 36.7 Å². The van der Waals surface area contributed by atoms with Crippen molar-refractivity contribution in [1.29, 1.82) is 0 Å². The van der Waals surface area contributed by atoms with Crippen LogP contribution in [0.5, 0.6) is 5.88 Å². The first-order valence-corrected chi connectivity index (χ1v) is 10.9. The standard InChI is InChI=1S/C23H26N8O2/c1-13-10-31(11-14(2)25-13)18-6-5-17(21-16(18)7-8-24-28-21)22(32)26-19-9-15-12-30(3)29-20(15)23(27-19)33-4/h5-9,12-14,25H,10-11H2,1-4H3,(H,26,32)/t13-,14+. The number of benzene rings is 1. The van der Waals surface area contributed by atoms with Crippen molar-refractivity contribution in [1.82, 2.24) is 30.3 Å². The third-order valence-electron chi connectivity index (χ3n) is 5.81. The van der Waals surface area contributed by atoms with Gasteiger partial charge in [0.05, 0.1) is 18.9 Å². The number of rotatable bonds is 4. The van der Waals surface area contributed by atoms with Gasteiger partial charge in [-0.15, -0.1) is 5.10 Å². The molecule has 10 nitrogen and oxygen atoms in total. The van der Waals surface area contributed by atoms with Crippen molar-refractivity contribution in [3.8, 4) is 5.88 Å². The van der Waals surface area contributed by atoms with Crippen molar-refractivity contribution in [3.63, 3.8) is 0 Å². The molecule has 3 aromatic heterocycles. The number of piperazine rings is 1. The van der Waals surface area contributed by atoms with Gasteiger partial charge in [-0.2, -0.15) is 15.2 Å². The molecule has 33 heavy (non-hydrogen) atoms. The topological polar surface area (TPSA) is 110 Å². The Morgan fingerprint density at radius 1 is 1.18 bits per heavy atom. The average molecular weight is 447 g/mol. The van der Waals surface area contributed by atoms with E-state index in [2.05, 4.69) is 49.7 Å². The van der Waals surface area contributed by atoms with Crippen LogP contribution in [-0.2, 0) is 7.05 Å². The van der Waals surface area contributed by atoms with Gasteiger partial charge in [0.25, 0.3) is 5.91 Å². The number of anilines is 2. The predicted octanol–water partition coefficient (Wildman–Crippen LogP) is 2.36. The highest BCUT2D eigenvalue weighted by molar-refractivity contribution is 6.13. The Bertz CT molecular complexity index is 1340. The van der Waals surface area contributed by atoms with Gasteiger partial charge in [0.15, 0.2) is 5.52 Å². The maximum absolute atomic E-state index is 13.3. The number of carbonyl (C=O) groups is 1. The minimum absolute atomic E-state index is 0.313. The lowest BCUT2D eigenvalue weighted by molar-refractivity contribution is 0.102. The van der Waals surface area contributed by atoms with Gasteiger partial charge < -0.3 is 20.3 Å². The number of ether oxygens (including phenoxy) is 1. The van der Waals surface area contributed by atoms with Crippen molar-refractivity contribution in [2.45, 2.75) is 25.9 Å². The lowest BCUT2D eigenvalue weighted by Crippen LogP contribution is -2.54. The van der Waals surface area contributed by atoms with E-state index >= 15 is 0 Å². The van der Waals surface area contributed by atoms with Crippen molar-refractivity contribution in [3.05, 3.63) is 42.2 Å². The summed E-state index contributed by atoms with van der Waals surface area (Å²) < 4.78 is 7.05. The van der Waals surface area contributed by atoms with Crippen molar-refractivity contribution >= 4 is 39.2 Å². The van der Waals surface area contributed by atoms with Gasteiger partial charge >= 0.3 is 0 Å².